The van der Waals surface area contributed by atoms with Crippen LogP contribution in [0.5, 0.6) is 0 Å². The fourth-order valence-electron chi connectivity index (χ4n) is 4.03. The van der Waals surface area contributed by atoms with E-state index in [-0.39, 0.29) is 34.5 Å². The van der Waals surface area contributed by atoms with E-state index >= 15 is 0 Å². The van der Waals surface area contributed by atoms with Gasteiger partial charge in [-0.15, -0.1) is 0 Å². The summed E-state index contributed by atoms with van der Waals surface area (Å²) in [6.07, 6.45) is 1.57. The zero-order chi connectivity index (χ0) is 32.5. The first-order valence-corrected chi connectivity index (χ1v) is 16.8. The molecule has 15 heteroatoms. The summed E-state index contributed by atoms with van der Waals surface area (Å²) in [5, 5.41) is 6.85. The zero-order valence-electron chi connectivity index (χ0n) is 24.0. The molecular formula is C30H30ClN5O7S2. The Hall–Kier alpha value is -4.34. The van der Waals surface area contributed by atoms with E-state index in [1.165, 1.54) is 67.7 Å². The topological polar surface area (TPSA) is 167 Å². The first-order valence-electron chi connectivity index (χ1n) is 13.5. The molecule has 236 valence electrons. The Kier molecular flexibility index (Phi) is 11.3. The summed E-state index contributed by atoms with van der Waals surface area (Å²) in [5.74, 6) is -0.469. The molecule has 0 unspecified atom stereocenters. The number of rotatable bonds is 14. The van der Waals surface area contributed by atoms with Crippen molar-refractivity contribution in [2.24, 2.45) is 5.10 Å². The molecule has 0 saturated carbocycles. The smallest absolute Gasteiger partial charge is 0.255 e. The highest BCUT2D eigenvalue weighted by Crippen LogP contribution is 2.19. The van der Waals surface area contributed by atoms with Crippen molar-refractivity contribution in [1.82, 2.24) is 14.5 Å². The van der Waals surface area contributed by atoms with Crippen molar-refractivity contribution in [3.8, 4) is 0 Å². The summed E-state index contributed by atoms with van der Waals surface area (Å²) in [6, 6.07) is 23.7. The van der Waals surface area contributed by atoms with Gasteiger partial charge in [-0.1, -0.05) is 41.9 Å². The number of carbonyl (C=O) groups is 2. The summed E-state index contributed by atoms with van der Waals surface area (Å²) in [5.41, 5.74) is 3.62. The second kappa shape index (κ2) is 15.1. The molecule has 45 heavy (non-hydrogen) atoms. The number of amides is 2. The van der Waals surface area contributed by atoms with Gasteiger partial charge in [-0.2, -0.15) is 9.41 Å². The molecule has 0 fully saturated rings. The molecule has 0 bridgehead atoms. The van der Waals surface area contributed by atoms with Crippen molar-refractivity contribution in [3.05, 3.63) is 113 Å². The maximum Gasteiger partial charge on any atom is 0.255 e. The van der Waals surface area contributed by atoms with E-state index < -0.39 is 32.5 Å². The highest BCUT2D eigenvalue weighted by atomic mass is 35.5. The van der Waals surface area contributed by atoms with Gasteiger partial charge in [-0.25, -0.2) is 27.0 Å². The van der Waals surface area contributed by atoms with E-state index in [4.69, 9.17) is 16.0 Å². The average Bonchev–Trinajstić information content (AvgIpc) is 3.46. The number of benzene rings is 3. The first kappa shape index (κ1) is 33.6. The van der Waals surface area contributed by atoms with Gasteiger partial charge in [0.05, 0.1) is 29.1 Å². The highest BCUT2D eigenvalue weighted by molar-refractivity contribution is 7.89. The van der Waals surface area contributed by atoms with Crippen LogP contribution in [0.4, 0.5) is 5.69 Å². The minimum Gasteiger partial charge on any atom is -0.459 e. The number of sulfonamides is 2. The third-order valence-corrected chi connectivity index (χ3v) is 9.78. The molecule has 0 aliphatic carbocycles. The fourth-order valence-corrected chi connectivity index (χ4v) is 6.55. The highest BCUT2D eigenvalue weighted by Gasteiger charge is 2.26. The molecule has 0 atom stereocenters. The molecule has 0 aliphatic rings. The van der Waals surface area contributed by atoms with Crippen LogP contribution in [0.25, 0.3) is 0 Å². The summed E-state index contributed by atoms with van der Waals surface area (Å²) >= 11 is 5.81. The van der Waals surface area contributed by atoms with Crippen LogP contribution in [0, 0.1) is 0 Å². The van der Waals surface area contributed by atoms with Gasteiger partial charge in [-0.3, -0.25) is 9.59 Å². The molecule has 3 aromatic carbocycles. The number of hydrogen-bond acceptors (Lipinski definition) is 8. The number of halogens is 1. The Morgan fingerprint density at radius 1 is 0.889 bits per heavy atom. The third-order valence-electron chi connectivity index (χ3n) is 6.25. The monoisotopic (exact) mass is 671 g/mol. The normalized spacial score (nSPS) is 12.0. The molecule has 2 amide bonds. The molecule has 0 radical (unpaired) electrons. The minimum atomic E-state index is -4.10. The van der Waals surface area contributed by atoms with Crippen molar-refractivity contribution in [2.75, 3.05) is 18.4 Å². The van der Waals surface area contributed by atoms with Gasteiger partial charge in [0, 0.05) is 24.2 Å². The van der Waals surface area contributed by atoms with Crippen molar-refractivity contribution < 1.29 is 30.8 Å². The van der Waals surface area contributed by atoms with Crippen LogP contribution in [0.1, 0.15) is 24.0 Å². The predicted molar refractivity (Wildman–Crippen MR) is 170 cm³/mol. The minimum absolute atomic E-state index is 0.0183. The van der Waals surface area contributed by atoms with Crippen LogP contribution in [-0.2, 0) is 42.6 Å². The number of hydrogen-bond donors (Lipinski definition) is 3. The maximum absolute atomic E-state index is 13.5. The van der Waals surface area contributed by atoms with Gasteiger partial charge in [0.15, 0.2) is 0 Å². The summed E-state index contributed by atoms with van der Waals surface area (Å²) in [7, 11) is -7.90. The largest absolute Gasteiger partial charge is 0.459 e. The lowest BCUT2D eigenvalue weighted by molar-refractivity contribution is -0.121. The molecule has 0 aliphatic heterocycles. The first-order chi connectivity index (χ1) is 21.4. The van der Waals surface area contributed by atoms with E-state index in [2.05, 4.69) is 20.6 Å². The van der Waals surface area contributed by atoms with Crippen LogP contribution in [0.3, 0.4) is 0 Å². The van der Waals surface area contributed by atoms with Crippen molar-refractivity contribution in [3.63, 3.8) is 0 Å². The third kappa shape index (κ3) is 9.83. The van der Waals surface area contributed by atoms with Crippen LogP contribution in [-0.4, -0.2) is 52.3 Å². The van der Waals surface area contributed by atoms with E-state index in [9.17, 15) is 26.4 Å². The standard InChI is InChI=1S/C30H30ClN5O7S2/c1-22(37)34-25-9-15-29(16-10-25)45(41,42)36(18-17-23-5-3-2-4-6-23)21-30(38)35-32-19-26-11-12-27(43-26)20-33-44(39,40)28-13-7-24(31)8-14-28/h2-16,19,33H,17-18,20-21H2,1H3,(H,34,37)(H,35,38)/b32-19-. The van der Waals surface area contributed by atoms with Gasteiger partial charge >= 0.3 is 0 Å². The van der Waals surface area contributed by atoms with Crippen LogP contribution >= 0.6 is 11.6 Å². The van der Waals surface area contributed by atoms with Gasteiger partial charge in [0.25, 0.3) is 5.91 Å². The number of nitrogens with one attached hydrogen (secondary N) is 3. The number of anilines is 1. The summed E-state index contributed by atoms with van der Waals surface area (Å²) in [6.45, 7) is 0.710. The van der Waals surface area contributed by atoms with E-state index in [1.807, 2.05) is 30.3 Å². The second-order valence-corrected chi connectivity index (χ2v) is 13.8. The fraction of sp³-hybridized carbons (Fsp3) is 0.167. The van der Waals surface area contributed by atoms with Gasteiger partial charge in [-0.05, 0) is 72.6 Å². The molecule has 1 aromatic heterocycles. The van der Waals surface area contributed by atoms with Crippen molar-refractivity contribution in [1.29, 1.82) is 0 Å². The van der Waals surface area contributed by atoms with E-state index in [1.54, 1.807) is 6.07 Å². The Balaban J connectivity index is 1.38. The quantitative estimate of drug-likeness (QED) is 0.136. The number of hydrazone groups is 1. The summed E-state index contributed by atoms with van der Waals surface area (Å²) in [4.78, 5) is 24.1. The van der Waals surface area contributed by atoms with Crippen LogP contribution in [0.2, 0.25) is 5.02 Å². The Labute approximate surface area is 266 Å². The Morgan fingerprint density at radius 2 is 1.56 bits per heavy atom. The molecule has 12 nitrogen and oxygen atoms in total. The lowest BCUT2D eigenvalue weighted by Crippen LogP contribution is -2.40. The lowest BCUT2D eigenvalue weighted by atomic mass is 10.1. The molecule has 4 aromatic rings. The maximum atomic E-state index is 13.5. The molecular weight excluding hydrogens is 642 g/mol. The second-order valence-electron chi connectivity index (χ2n) is 9.66. The number of nitrogens with zero attached hydrogens (tertiary/aromatic N) is 2. The molecule has 0 saturated heterocycles. The van der Waals surface area contributed by atoms with E-state index in [0.29, 0.717) is 22.9 Å². The molecule has 1 heterocycles. The number of furan rings is 1. The molecule has 3 N–H and O–H groups in total. The average molecular weight is 672 g/mol. The van der Waals surface area contributed by atoms with Gasteiger partial charge < -0.3 is 9.73 Å². The predicted octanol–water partition coefficient (Wildman–Crippen LogP) is 3.75. The van der Waals surface area contributed by atoms with Gasteiger partial charge in [0.1, 0.15) is 11.5 Å². The van der Waals surface area contributed by atoms with Crippen LogP contribution in [0.15, 0.2) is 110 Å². The molecule has 0 spiro atoms. The van der Waals surface area contributed by atoms with Gasteiger partial charge in [0.2, 0.25) is 26.0 Å². The molecule has 4 rings (SSSR count). The Morgan fingerprint density at radius 3 is 2.22 bits per heavy atom. The van der Waals surface area contributed by atoms with Crippen LogP contribution < -0.4 is 15.5 Å². The van der Waals surface area contributed by atoms with E-state index in [0.717, 1.165) is 9.87 Å². The SMILES string of the molecule is CC(=O)Nc1ccc(S(=O)(=O)N(CCc2ccccc2)CC(=O)N/N=C\c2ccc(CNS(=O)(=O)c3ccc(Cl)cc3)o2)cc1. The lowest BCUT2D eigenvalue weighted by Gasteiger charge is -2.21. The number of carbonyl (C=O) groups excluding carboxylic acids is 2. The van der Waals surface area contributed by atoms with Crippen molar-refractivity contribution >= 4 is 55.4 Å². The Bertz CT molecular complexity index is 1860. The zero-order valence-corrected chi connectivity index (χ0v) is 26.4. The van der Waals surface area contributed by atoms with Crippen molar-refractivity contribution in [2.45, 2.75) is 29.7 Å². The summed E-state index contributed by atoms with van der Waals surface area (Å²) < 4.78 is 61.0.